The number of aromatic nitrogens is 2. The predicted molar refractivity (Wildman–Crippen MR) is 85.5 cm³/mol. The van der Waals surface area contributed by atoms with Crippen LogP contribution >= 0.6 is 22.9 Å². The third-order valence-electron chi connectivity index (χ3n) is 3.09. The first kappa shape index (κ1) is 13.3. The summed E-state index contributed by atoms with van der Waals surface area (Å²) in [6.07, 6.45) is 1.61. The normalized spacial score (nSPS) is 10.9. The molecule has 3 nitrogen and oxygen atoms in total. The van der Waals surface area contributed by atoms with E-state index >= 15 is 0 Å². The Labute approximate surface area is 126 Å². The van der Waals surface area contributed by atoms with Crippen LogP contribution in [0, 0.1) is 6.92 Å². The third kappa shape index (κ3) is 2.76. The van der Waals surface area contributed by atoms with Gasteiger partial charge in [0.15, 0.2) is 0 Å². The van der Waals surface area contributed by atoms with E-state index in [1.165, 1.54) is 10.4 Å². The van der Waals surface area contributed by atoms with Crippen molar-refractivity contribution < 1.29 is 0 Å². The average Bonchev–Trinajstić information content (AvgIpc) is 2.86. The minimum absolute atomic E-state index is 0.550. The van der Waals surface area contributed by atoms with Gasteiger partial charge in [-0.05, 0) is 24.1 Å². The molecule has 0 aliphatic carbocycles. The molecular formula is C15H14ClN3S. The van der Waals surface area contributed by atoms with Gasteiger partial charge in [0.05, 0.1) is 5.39 Å². The number of alkyl halides is 1. The number of hydrogen-bond donors (Lipinski definition) is 1. The summed E-state index contributed by atoms with van der Waals surface area (Å²) in [5.74, 6) is 1.44. The van der Waals surface area contributed by atoms with Crippen LogP contribution in [0.4, 0.5) is 5.82 Å². The molecule has 0 aliphatic rings. The number of halogens is 1. The Morgan fingerprint density at radius 2 is 1.90 bits per heavy atom. The molecule has 2 aromatic heterocycles. The smallest absolute Gasteiger partial charge is 0.138 e. The minimum Gasteiger partial charge on any atom is -0.365 e. The summed E-state index contributed by atoms with van der Waals surface area (Å²) in [6, 6.07) is 10.4. The number of fused-ring (bicyclic) bond motifs is 1. The molecule has 20 heavy (non-hydrogen) atoms. The number of hydrogen-bond acceptors (Lipinski definition) is 4. The van der Waals surface area contributed by atoms with Gasteiger partial charge in [-0.2, -0.15) is 0 Å². The Kier molecular flexibility index (Phi) is 3.85. The zero-order valence-electron chi connectivity index (χ0n) is 11.1. The number of benzene rings is 1. The number of nitrogens with zero attached hydrogens (tertiary/aromatic N) is 2. The molecule has 1 N–H and O–H groups in total. The molecule has 0 amide bonds. The highest BCUT2D eigenvalue weighted by Gasteiger charge is 2.06. The summed E-state index contributed by atoms with van der Waals surface area (Å²) >= 11 is 7.48. The fraction of sp³-hybridized carbons (Fsp3) is 0.200. The zero-order chi connectivity index (χ0) is 13.9. The predicted octanol–water partition coefficient (Wildman–Crippen LogP) is 4.35. The lowest BCUT2D eigenvalue weighted by Crippen LogP contribution is -2.01. The fourth-order valence-corrected chi connectivity index (χ4v) is 3.07. The SMILES string of the molecule is Cc1cc2c(NCc3ccc(CCl)cc3)ncnc2s1. The molecule has 2 heterocycles. The van der Waals surface area contributed by atoms with Crippen LogP contribution in [0.2, 0.25) is 0 Å². The third-order valence-corrected chi connectivity index (χ3v) is 4.36. The summed E-state index contributed by atoms with van der Waals surface area (Å²) < 4.78 is 0. The lowest BCUT2D eigenvalue weighted by Gasteiger charge is -2.07. The van der Waals surface area contributed by atoms with Gasteiger partial charge in [0, 0.05) is 17.3 Å². The zero-order valence-corrected chi connectivity index (χ0v) is 12.6. The largest absolute Gasteiger partial charge is 0.365 e. The van der Waals surface area contributed by atoms with Crippen molar-refractivity contribution in [3.63, 3.8) is 0 Å². The minimum atomic E-state index is 0.550. The van der Waals surface area contributed by atoms with Crippen LogP contribution < -0.4 is 5.32 Å². The molecule has 0 saturated heterocycles. The molecule has 5 heteroatoms. The molecule has 0 spiro atoms. The van der Waals surface area contributed by atoms with E-state index in [-0.39, 0.29) is 0 Å². The standard InChI is InChI=1S/C15H14ClN3S/c1-10-6-13-14(18-9-19-15(13)20-10)17-8-12-4-2-11(7-16)3-5-12/h2-6,9H,7-8H2,1H3,(H,17,18,19). The van der Waals surface area contributed by atoms with Crippen molar-refractivity contribution in [2.45, 2.75) is 19.3 Å². The van der Waals surface area contributed by atoms with E-state index in [2.05, 4.69) is 40.4 Å². The fourth-order valence-electron chi connectivity index (χ4n) is 2.05. The summed E-state index contributed by atoms with van der Waals surface area (Å²) in [6.45, 7) is 2.82. The van der Waals surface area contributed by atoms with E-state index in [4.69, 9.17) is 11.6 Å². The van der Waals surface area contributed by atoms with Crippen LogP contribution in [0.5, 0.6) is 0 Å². The monoisotopic (exact) mass is 303 g/mol. The van der Waals surface area contributed by atoms with Crippen LogP contribution in [0.1, 0.15) is 16.0 Å². The maximum atomic E-state index is 5.79. The Morgan fingerprint density at radius 1 is 1.15 bits per heavy atom. The van der Waals surface area contributed by atoms with Crippen LogP contribution in [0.25, 0.3) is 10.2 Å². The molecule has 0 saturated carbocycles. The van der Waals surface area contributed by atoms with Crippen molar-refractivity contribution in [3.05, 3.63) is 52.7 Å². The lowest BCUT2D eigenvalue weighted by molar-refractivity contribution is 1.10. The van der Waals surface area contributed by atoms with Crippen LogP contribution in [0.3, 0.4) is 0 Å². The van der Waals surface area contributed by atoms with E-state index in [1.807, 2.05) is 12.1 Å². The maximum absolute atomic E-state index is 5.79. The molecule has 0 aliphatic heterocycles. The Morgan fingerprint density at radius 3 is 2.65 bits per heavy atom. The number of thiophene rings is 1. The second-order valence-electron chi connectivity index (χ2n) is 4.60. The molecule has 3 aromatic rings. The topological polar surface area (TPSA) is 37.8 Å². The first-order chi connectivity index (χ1) is 9.76. The van der Waals surface area contributed by atoms with Gasteiger partial charge >= 0.3 is 0 Å². The lowest BCUT2D eigenvalue weighted by atomic mass is 10.1. The van der Waals surface area contributed by atoms with Gasteiger partial charge in [-0.25, -0.2) is 9.97 Å². The number of nitrogens with one attached hydrogen (secondary N) is 1. The number of anilines is 1. The van der Waals surface area contributed by atoms with Crippen molar-refractivity contribution in [3.8, 4) is 0 Å². The number of rotatable bonds is 4. The van der Waals surface area contributed by atoms with Gasteiger partial charge in [-0.3, -0.25) is 0 Å². The van der Waals surface area contributed by atoms with Gasteiger partial charge in [0.2, 0.25) is 0 Å². The van der Waals surface area contributed by atoms with E-state index in [0.717, 1.165) is 28.1 Å². The number of aryl methyl sites for hydroxylation is 1. The molecule has 0 fully saturated rings. The summed E-state index contributed by atoms with van der Waals surface area (Å²) in [7, 11) is 0. The molecule has 0 bridgehead atoms. The van der Waals surface area contributed by atoms with E-state index < -0.39 is 0 Å². The van der Waals surface area contributed by atoms with Crippen LogP contribution in [-0.2, 0) is 12.4 Å². The van der Waals surface area contributed by atoms with Gasteiger partial charge < -0.3 is 5.32 Å². The highest BCUT2D eigenvalue weighted by molar-refractivity contribution is 7.18. The van der Waals surface area contributed by atoms with Crippen molar-refractivity contribution in [2.75, 3.05) is 5.32 Å². The molecule has 102 valence electrons. The van der Waals surface area contributed by atoms with Crippen molar-refractivity contribution in [2.24, 2.45) is 0 Å². The molecule has 0 radical (unpaired) electrons. The molecule has 1 aromatic carbocycles. The maximum Gasteiger partial charge on any atom is 0.138 e. The first-order valence-corrected chi connectivity index (χ1v) is 7.70. The van der Waals surface area contributed by atoms with E-state index in [0.29, 0.717) is 5.88 Å². The second-order valence-corrected chi connectivity index (χ2v) is 6.10. The molecule has 0 atom stereocenters. The van der Waals surface area contributed by atoms with Gasteiger partial charge in [-0.1, -0.05) is 24.3 Å². The van der Waals surface area contributed by atoms with Crippen molar-refractivity contribution in [1.82, 2.24) is 9.97 Å². The van der Waals surface area contributed by atoms with E-state index in [9.17, 15) is 0 Å². The Bertz CT molecular complexity index is 722. The summed E-state index contributed by atoms with van der Waals surface area (Å²) in [5, 5.41) is 4.47. The summed E-state index contributed by atoms with van der Waals surface area (Å²) in [5.41, 5.74) is 2.34. The Balaban J connectivity index is 1.79. The molecular weight excluding hydrogens is 290 g/mol. The van der Waals surface area contributed by atoms with Gasteiger partial charge in [0.25, 0.3) is 0 Å². The first-order valence-electron chi connectivity index (χ1n) is 6.35. The second kappa shape index (κ2) is 5.77. The quantitative estimate of drug-likeness (QED) is 0.728. The van der Waals surface area contributed by atoms with Gasteiger partial charge in [0.1, 0.15) is 17.0 Å². The van der Waals surface area contributed by atoms with Crippen molar-refractivity contribution in [1.29, 1.82) is 0 Å². The van der Waals surface area contributed by atoms with Gasteiger partial charge in [-0.15, -0.1) is 22.9 Å². The molecule has 3 rings (SSSR count). The van der Waals surface area contributed by atoms with Crippen LogP contribution in [0.15, 0.2) is 36.7 Å². The average molecular weight is 304 g/mol. The van der Waals surface area contributed by atoms with Crippen molar-refractivity contribution >= 4 is 39.0 Å². The summed E-state index contributed by atoms with van der Waals surface area (Å²) in [4.78, 5) is 10.9. The van der Waals surface area contributed by atoms with Crippen LogP contribution in [-0.4, -0.2) is 9.97 Å². The highest BCUT2D eigenvalue weighted by atomic mass is 35.5. The molecule has 0 unspecified atom stereocenters. The van der Waals surface area contributed by atoms with E-state index in [1.54, 1.807) is 17.7 Å². The highest BCUT2D eigenvalue weighted by Crippen LogP contribution is 2.27. The Hall–Kier alpha value is -1.65.